The summed E-state index contributed by atoms with van der Waals surface area (Å²) in [5, 5.41) is 14.3. The number of nitrogens with zero attached hydrogens (tertiary/aromatic N) is 4. The zero-order valence-corrected chi connectivity index (χ0v) is 15.0. The molecule has 2 aromatic heterocycles. The van der Waals surface area contributed by atoms with E-state index in [1.165, 1.54) is 0 Å². The highest BCUT2D eigenvalue weighted by Gasteiger charge is 2.20. The predicted octanol–water partition coefficient (Wildman–Crippen LogP) is 1.93. The van der Waals surface area contributed by atoms with Crippen molar-refractivity contribution in [3.05, 3.63) is 42.0 Å². The van der Waals surface area contributed by atoms with Crippen LogP contribution in [0.5, 0.6) is 0 Å². The summed E-state index contributed by atoms with van der Waals surface area (Å²) in [6.07, 6.45) is 5.46. The summed E-state index contributed by atoms with van der Waals surface area (Å²) in [7, 11) is 0. The first-order valence-corrected chi connectivity index (χ1v) is 7.58. The normalized spacial score (nSPS) is 15.7. The van der Waals surface area contributed by atoms with Crippen LogP contribution in [0, 0.1) is 0 Å². The van der Waals surface area contributed by atoms with Crippen LogP contribution in [0.1, 0.15) is 48.0 Å². The number of piperidine rings is 1. The quantitative estimate of drug-likeness (QED) is 0.856. The zero-order chi connectivity index (χ0) is 15.4. The first kappa shape index (κ1) is 20.3. The van der Waals surface area contributed by atoms with Crippen molar-refractivity contribution in [1.29, 1.82) is 0 Å². The second-order valence-corrected chi connectivity index (χ2v) is 5.51. The molecule has 24 heavy (non-hydrogen) atoms. The van der Waals surface area contributed by atoms with Gasteiger partial charge in [0.15, 0.2) is 5.69 Å². The smallest absolute Gasteiger partial charge is 0.273 e. The molecule has 0 aromatic carbocycles. The molecule has 3 rings (SSSR count). The lowest BCUT2D eigenvalue weighted by Gasteiger charge is -2.22. The van der Waals surface area contributed by atoms with Gasteiger partial charge in [-0.1, -0.05) is 11.3 Å². The molecule has 9 heteroatoms. The highest BCUT2D eigenvalue weighted by atomic mass is 35.5. The second kappa shape index (κ2) is 9.56. The molecule has 1 saturated heterocycles. The number of pyridine rings is 1. The Kier molecular flexibility index (Phi) is 8.10. The van der Waals surface area contributed by atoms with E-state index in [9.17, 15) is 4.79 Å². The van der Waals surface area contributed by atoms with Crippen molar-refractivity contribution >= 4 is 30.7 Å². The minimum atomic E-state index is -0.224. The number of rotatable bonds is 4. The Morgan fingerprint density at radius 3 is 2.75 bits per heavy atom. The molecule has 1 aliphatic rings. The van der Waals surface area contributed by atoms with Gasteiger partial charge in [-0.2, -0.15) is 0 Å². The summed E-state index contributed by atoms with van der Waals surface area (Å²) in [4.78, 5) is 16.5. The van der Waals surface area contributed by atoms with Gasteiger partial charge in [-0.25, -0.2) is 4.68 Å². The highest BCUT2D eigenvalue weighted by Crippen LogP contribution is 2.17. The topological polar surface area (TPSA) is 84.7 Å². The Hall–Kier alpha value is -1.70. The minimum absolute atomic E-state index is 0. The Bertz CT molecular complexity index is 630. The van der Waals surface area contributed by atoms with Crippen molar-refractivity contribution in [2.24, 2.45) is 0 Å². The Morgan fingerprint density at radius 2 is 2.08 bits per heavy atom. The SMILES string of the molecule is CC(NC(=O)c1cn(C2CCNCC2)nn1)c1ccccn1.Cl.Cl. The molecule has 0 saturated carbocycles. The minimum Gasteiger partial charge on any atom is -0.342 e. The van der Waals surface area contributed by atoms with Gasteiger partial charge >= 0.3 is 0 Å². The van der Waals surface area contributed by atoms with E-state index in [4.69, 9.17) is 0 Å². The summed E-state index contributed by atoms with van der Waals surface area (Å²) in [5.74, 6) is -0.224. The van der Waals surface area contributed by atoms with Gasteiger partial charge in [-0.05, 0) is 45.0 Å². The summed E-state index contributed by atoms with van der Waals surface area (Å²) in [6.45, 7) is 3.85. The van der Waals surface area contributed by atoms with Crippen molar-refractivity contribution in [3.8, 4) is 0 Å². The molecule has 1 fully saturated rings. The number of carbonyl (C=O) groups is 1. The van der Waals surface area contributed by atoms with Crippen LogP contribution >= 0.6 is 24.8 Å². The Labute approximate surface area is 153 Å². The van der Waals surface area contributed by atoms with E-state index in [0.29, 0.717) is 11.7 Å². The number of amides is 1. The van der Waals surface area contributed by atoms with Gasteiger partial charge in [0.2, 0.25) is 0 Å². The maximum absolute atomic E-state index is 12.3. The number of hydrogen-bond acceptors (Lipinski definition) is 5. The van der Waals surface area contributed by atoms with Gasteiger partial charge in [0.1, 0.15) is 0 Å². The van der Waals surface area contributed by atoms with Crippen LogP contribution in [0.25, 0.3) is 0 Å². The van der Waals surface area contributed by atoms with E-state index < -0.39 is 0 Å². The van der Waals surface area contributed by atoms with Gasteiger partial charge in [0.25, 0.3) is 5.91 Å². The zero-order valence-electron chi connectivity index (χ0n) is 13.4. The van der Waals surface area contributed by atoms with E-state index in [2.05, 4.69) is 25.9 Å². The third-order valence-electron chi connectivity index (χ3n) is 3.90. The van der Waals surface area contributed by atoms with E-state index in [1.807, 2.05) is 25.1 Å². The van der Waals surface area contributed by atoms with Gasteiger partial charge in [-0.3, -0.25) is 9.78 Å². The molecule has 2 aromatic rings. The van der Waals surface area contributed by atoms with Gasteiger partial charge in [0, 0.05) is 6.20 Å². The molecule has 7 nitrogen and oxygen atoms in total. The van der Waals surface area contributed by atoms with E-state index in [0.717, 1.165) is 31.6 Å². The van der Waals surface area contributed by atoms with Gasteiger partial charge in [0.05, 0.1) is 24.0 Å². The van der Waals surface area contributed by atoms with Crippen LogP contribution in [0.4, 0.5) is 0 Å². The van der Waals surface area contributed by atoms with Gasteiger partial charge in [-0.15, -0.1) is 29.9 Å². The van der Waals surface area contributed by atoms with Crippen LogP contribution in [-0.4, -0.2) is 39.0 Å². The molecular weight excluding hydrogens is 351 g/mol. The molecule has 0 radical (unpaired) electrons. The summed E-state index contributed by atoms with van der Waals surface area (Å²) >= 11 is 0. The van der Waals surface area contributed by atoms with Crippen LogP contribution in [0.3, 0.4) is 0 Å². The molecule has 1 unspecified atom stereocenters. The van der Waals surface area contributed by atoms with E-state index in [-0.39, 0.29) is 36.8 Å². The standard InChI is InChI=1S/C15H20N6O.2ClH/c1-11(13-4-2-3-7-17-13)18-15(22)14-10-21(20-19-14)12-5-8-16-9-6-12;;/h2-4,7,10-12,16H,5-6,8-9H2,1H3,(H,18,22);2*1H. The molecule has 1 amide bonds. The fraction of sp³-hybridized carbons (Fsp3) is 0.467. The van der Waals surface area contributed by atoms with E-state index in [1.54, 1.807) is 17.1 Å². The molecule has 0 bridgehead atoms. The third kappa shape index (κ3) is 4.90. The fourth-order valence-electron chi connectivity index (χ4n) is 2.61. The van der Waals surface area contributed by atoms with Crippen molar-refractivity contribution in [2.75, 3.05) is 13.1 Å². The van der Waals surface area contributed by atoms with Crippen LogP contribution in [-0.2, 0) is 0 Å². The summed E-state index contributed by atoms with van der Waals surface area (Å²) in [6, 6.07) is 5.79. The Balaban J connectivity index is 0.00000144. The molecule has 3 heterocycles. The fourth-order valence-corrected chi connectivity index (χ4v) is 2.61. The molecule has 1 atom stereocenters. The summed E-state index contributed by atoms with van der Waals surface area (Å²) in [5.41, 5.74) is 1.17. The lowest BCUT2D eigenvalue weighted by molar-refractivity contribution is 0.0934. The molecule has 1 aliphatic heterocycles. The predicted molar refractivity (Wildman–Crippen MR) is 95.8 cm³/mol. The maximum Gasteiger partial charge on any atom is 0.273 e. The Morgan fingerprint density at radius 1 is 1.33 bits per heavy atom. The molecule has 0 aliphatic carbocycles. The van der Waals surface area contributed by atoms with Crippen LogP contribution < -0.4 is 10.6 Å². The first-order valence-electron chi connectivity index (χ1n) is 7.58. The number of hydrogen-bond donors (Lipinski definition) is 2. The van der Waals surface area contributed by atoms with Crippen molar-refractivity contribution in [1.82, 2.24) is 30.6 Å². The monoisotopic (exact) mass is 372 g/mol. The number of aromatic nitrogens is 4. The average molecular weight is 373 g/mol. The van der Waals surface area contributed by atoms with Crippen molar-refractivity contribution in [3.63, 3.8) is 0 Å². The number of halogens is 2. The lowest BCUT2D eigenvalue weighted by Crippen LogP contribution is -2.29. The average Bonchev–Trinajstić information content (AvgIpc) is 3.06. The number of nitrogens with one attached hydrogen (secondary N) is 2. The van der Waals surface area contributed by atoms with Crippen molar-refractivity contribution < 1.29 is 4.79 Å². The van der Waals surface area contributed by atoms with Gasteiger partial charge < -0.3 is 10.6 Å². The third-order valence-corrected chi connectivity index (χ3v) is 3.90. The molecule has 2 N–H and O–H groups in total. The van der Waals surface area contributed by atoms with Crippen LogP contribution in [0.15, 0.2) is 30.6 Å². The molecule has 132 valence electrons. The molecular formula is C15H22Cl2N6O. The largest absolute Gasteiger partial charge is 0.342 e. The van der Waals surface area contributed by atoms with Crippen molar-refractivity contribution in [2.45, 2.75) is 31.8 Å². The van der Waals surface area contributed by atoms with Crippen LogP contribution in [0.2, 0.25) is 0 Å². The maximum atomic E-state index is 12.3. The summed E-state index contributed by atoms with van der Waals surface area (Å²) < 4.78 is 1.81. The molecule has 0 spiro atoms. The van der Waals surface area contributed by atoms with E-state index >= 15 is 0 Å². The highest BCUT2D eigenvalue weighted by molar-refractivity contribution is 5.92. The first-order chi connectivity index (χ1) is 10.7. The second-order valence-electron chi connectivity index (χ2n) is 5.51. The lowest BCUT2D eigenvalue weighted by atomic mass is 10.1. The number of carbonyl (C=O) groups excluding carboxylic acids is 1.